The molecule has 1 heterocycles. The summed E-state index contributed by atoms with van der Waals surface area (Å²) in [6.45, 7) is 9.94. The standard InChI is InChI=1S/C15H27NO6/c1-6-20-15(21-7-2)8-9-16(11(10-15)12(17)18)13(19)22-14(3,4)5/h11H,6-10H2,1-5H3,(H,17,18)/t11-/m0/s1. The predicted octanol–water partition coefficient (Wildman–Crippen LogP) is 2.24. The number of rotatable bonds is 5. The Morgan fingerprint density at radius 2 is 1.77 bits per heavy atom. The number of aliphatic carboxylic acids is 1. The topological polar surface area (TPSA) is 85.3 Å². The van der Waals surface area contributed by atoms with E-state index in [1.54, 1.807) is 20.8 Å². The van der Waals surface area contributed by atoms with Crippen LogP contribution in [-0.4, -0.2) is 59.3 Å². The van der Waals surface area contributed by atoms with E-state index in [9.17, 15) is 14.7 Å². The van der Waals surface area contributed by atoms with E-state index in [0.717, 1.165) is 0 Å². The summed E-state index contributed by atoms with van der Waals surface area (Å²) in [6, 6.07) is -1.03. The molecule has 1 N–H and O–H groups in total. The Morgan fingerprint density at radius 1 is 1.23 bits per heavy atom. The third-order valence-corrected chi connectivity index (χ3v) is 3.34. The third kappa shape index (κ3) is 4.84. The van der Waals surface area contributed by atoms with Crippen LogP contribution in [0.5, 0.6) is 0 Å². The highest BCUT2D eigenvalue weighted by Crippen LogP contribution is 2.32. The van der Waals surface area contributed by atoms with Crippen molar-refractivity contribution in [2.45, 2.75) is 64.9 Å². The maximum atomic E-state index is 12.2. The van der Waals surface area contributed by atoms with Crippen molar-refractivity contribution in [3.05, 3.63) is 0 Å². The highest BCUT2D eigenvalue weighted by Gasteiger charge is 2.47. The van der Waals surface area contributed by atoms with Gasteiger partial charge in [-0.2, -0.15) is 0 Å². The fourth-order valence-electron chi connectivity index (χ4n) is 2.54. The van der Waals surface area contributed by atoms with Crippen LogP contribution in [0.2, 0.25) is 0 Å². The van der Waals surface area contributed by atoms with Crippen molar-refractivity contribution in [1.29, 1.82) is 0 Å². The maximum absolute atomic E-state index is 12.2. The summed E-state index contributed by atoms with van der Waals surface area (Å²) in [4.78, 5) is 25.0. The lowest BCUT2D eigenvalue weighted by atomic mass is 9.96. The van der Waals surface area contributed by atoms with Crippen LogP contribution in [0.25, 0.3) is 0 Å². The van der Waals surface area contributed by atoms with Gasteiger partial charge in [0.05, 0.1) is 0 Å². The normalized spacial score (nSPS) is 21.5. The minimum Gasteiger partial charge on any atom is -0.480 e. The lowest BCUT2D eigenvalue weighted by Crippen LogP contribution is -2.58. The monoisotopic (exact) mass is 317 g/mol. The molecule has 0 aromatic rings. The van der Waals surface area contributed by atoms with Gasteiger partial charge in [0.1, 0.15) is 11.6 Å². The van der Waals surface area contributed by atoms with Gasteiger partial charge in [0.25, 0.3) is 0 Å². The Morgan fingerprint density at radius 3 is 2.18 bits per heavy atom. The average Bonchev–Trinajstić information content (AvgIpc) is 2.37. The second kappa shape index (κ2) is 7.28. The molecule has 0 unspecified atom stereocenters. The molecule has 0 spiro atoms. The minimum atomic E-state index is -1.09. The first-order chi connectivity index (χ1) is 10.1. The highest BCUT2D eigenvalue weighted by molar-refractivity contribution is 5.80. The number of ether oxygens (including phenoxy) is 3. The molecule has 0 bridgehead atoms. The molecular weight excluding hydrogens is 290 g/mol. The van der Waals surface area contributed by atoms with E-state index in [0.29, 0.717) is 19.6 Å². The number of hydrogen-bond acceptors (Lipinski definition) is 5. The van der Waals surface area contributed by atoms with Crippen LogP contribution in [0, 0.1) is 0 Å². The van der Waals surface area contributed by atoms with E-state index in [-0.39, 0.29) is 13.0 Å². The smallest absolute Gasteiger partial charge is 0.411 e. The fraction of sp³-hybridized carbons (Fsp3) is 0.867. The van der Waals surface area contributed by atoms with Gasteiger partial charge in [-0.05, 0) is 34.6 Å². The molecule has 128 valence electrons. The van der Waals surface area contributed by atoms with Crippen molar-refractivity contribution in [1.82, 2.24) is 4.90 Å². The zero-order chi connectivity index (χ0) is 17.0. The molecule has 1 rings (SSSR count). The minimum absolute atomic E-state index is 0.0866. The molecule has 7 nitrogen and oxygen atoms in total. The molecule has 0 aromatic carbocycles. The number of piperidine rings is 1. The summed E-state index contributed by atoms with van der Waals surface area (Å²) in [5, 5.41) is 9.46. The van der Waals surface area contributed by atoms with Crippen molar-refractivity contribution < 1.29 is 28.9 Å². The van der Waals surface area contributed by atoms with Crippen molar-refractivity contribution in [2.75, 3.05) is 19.8 Å². The first kappa shape index (κ1) is 18.7. The van der Waals surface area contributed by atoms with Gasteiger partial charge in [-0.1, -0.05) is 0 Å². The summed E-state index contributed by atoms with van der Waals surface area (Å²) >= 11 is 0. The number of carboxylic acids is 1. The van der Waals surface area contributed by atoms with E-state index in [1.165, 1.54) is 4.90 Å². The zero-order valence-corrected chi connectivity index (χ0v) is 14.0. The number of nitrogens with zero attached hydrogens (tertiary/aromatic N) is 1. The van der Waals surface area contributed by atoms with Crippen LogP contribution >= 0.6 is 0 Å². The highest BCUT2D eigenvalue weighted by atomic mass is 16.7. The first-order valence-electron chi connectivity index (χ1n) is 7.64. The van der Waals surface area contributed by atoms with Crippen LogP contribution in [0.3, 0.4) is 0 Å². The number of carbonyl (C=O) groups excluding carboxylic acids is 1. The van der Waals surface area contributed by atoms with Crippen molar-refractivity contribution in [2.24, 2.45) is 0 Å². The van der Waals surface area contributed by atoms with E-state index in [4.69, 9.17) is 14.2 Å². The number of carbonyl (C=O) groups is 2. The molecule has 22 heavy (non-hydrogen) atoms. The van der Waals surface area contributed by atoms with Crippen molar-refractivity contribution in [3.8, 4) is 0 Å². The molecule has 0 saturated carbocycles. The lowest BCUT2D eigenvalue weighted by molar-refractivity contribution is -0.259. The Kier molecular flexibility index (Phi) is 6.19. The van der Waals surface area contributed by atoms with E-state index in [1.807, 2.05) is 13.8 Å². The molecule has 1 atom stereocenters. The van der Waals surface area contributed by atoms with Gasteiger partial charge in [-0.25, -0.2) is 9.59 Å². The van der Waals surface area contributed by atoms with Crippen LogP contribution in [-0.2, 0) is 19.0 Å². The predicted molar refractivity (Wildman–Crippen MR) is 79.6 cm³/mol. The Balaban J connectivity index is 2.91. The molecule has 1 fully saturated rings. The number of likely N-dealkylation sites (tertiary alicyclic amines) is 1. The molecule has 1 saturated heterocycles. The SMILES string of the molecule is CCOC1(OCC)CCN(C(=O)OC(C)(C)C)[C@H](C(=O)O)C1. The van der Waals surface area contributed by atoms with Crippen LogP contribution < -0.4 is 0 Å². The summed E-state index contributed by atoms with van der Waals surface area (Å²) in [5.41, 5.74) is -0.672. The summed E-state index contributed by atoms with van der Waals surface area (Å²) in [5.74, 6) is -2.04. The molecule has 1 amide bonds. The second-order valence-corrected chi connectivity index (χ2v) is 6.26. The van der Waals surface area contributed by atoms with Gasteiger partial charge >= 0.3 is 12.1 Å². The van der Waals surface area contributed by atoms with Crippen molar-refractivity contribution >= 4 is 12.1 Å². The molecule has 7 heteroatoms. The van der Waals surface area contributed by atoms with Crippen LogP contribution in [0.15, 0.2) is 0 Å². The van der Waals surface area contributed by atoms with Crippen LogP contribution in [0.4, 0.5) is 4.79 Å². The van der Waals surface area contributed by atoms with E-state index >= 15 is 0 Å². The maximum Gasteiger partial charge on any atom is 0.411 e. The lowest BCUT2D eigenvalue weighted by Gasteiger charge is -2.44. The largest absolute Gasteiger partial charge is 0.480 e. The van der Waals surface area contributed by atoms with Gasteiger partial charge in [-0.3, -0.25) is 4.90 Å². The molecule has 1 aliphatic heterocycles. The Labute approximate surface area is 131 Å². The number of amides is 1. The average molecular weight is 317 g/mol. The van der Waals surface area contributed by atoms with Crippen molar-refractivity contribution in [3.63, 3.8) is 0 Å². The van der Waals surface area contributed by atoms with Gasteiger partial charge in [0, 0.05) is 32.6 Å². The number of carboxylic acid groups (broad SMARTS) is 1. The molecule has 0 aliphatic carbocycles. The zero-order valence-electron chi connectivity index (χ0n) is 14.0. The molecule has 0 aromatic heterocycles. The van der Waals surface area contributed by atoms with Gasteiger partial charge in [0.2, 0.25) is 0 Å². The summed E-state index contributed by atoms with van der Waals surface area (Å²) in [7, 11) is 0. The third-order valence-electron chi connectivity index (χ3n) is 3.34. The van der Waals surface area contributed by atoms with Gasteiger partial charge < -0.3 is 19.3 Å². The fourth-order valence-corrected chi connectivity index (χ4v) is 2.54. The van der Waals surface area contributed by atoms with E-state index in [2.05, 4.69) is 0 Å². The number of hydrogen-bond donors (Lipinski definition) is 1. The van der Waals surface area contributed by atoms with Crippen LogP contribution in [0.1, 0.15) is 47.5 Å². The summed E-state index contributed by atoms with van der Waals surface area (Å²) in [6.07, 6.45) is -0.123. The summed E-state index contributed by atoms with van der Waals surface area (Å²) < 4.78 is 16.6. The second-order valence-electron chi connectivity index (χ2n) is 6.26. The Bertz CT molecular complexity index is 397. The molecular formula is C15H27NO6. The van der Waals surface area contributed by atoms with E-state index < -0.39 is 29.5 Å². The van der Waals surface area contributed by atoms with Gasteiger partial charge in [0.15, 0.2) is 5.79 Å². The quantitative estimate of drug-likeness (QED) is 0.783. The first-order valence-corrected chi connectivity index (χ1v) is 7.64. The Hall–Kier alpha value is -1.34. The molecule has 0 radical (unpaired) electrons. The molecule has 1 aliphatic rings. The van der Waals surface area contributed by atoms with Gasteiger partial charge in [-0.15, -0.1) is 0 Å².